The molecule has 0 radical (unpaired) electrons. The zero-order chi connectivity index (χ0) is 9.97. The molecule has 1 amide bonds. The fraction of sp³-hybridized carbons (Fsp3) is 0. The number of nitrogens with one attached hydrogen (secondary N) is 1. The van der Waals surface area contributed by atoms with Gasteiger partial charge in [-0.15, -0.1) is 21.5 Å². The fourth-order valence-corrected chi connectivity index (χ4v) is 2.59. The molecule has 2 aromatic heterocycles. The van der Waals surface area contributed by atoms with E-state index in [1.165, 1.54) is 22.7 Å². The number of hydrogen-bond acceptors (Lipinski definition) is 5. The Morgan fingerprint density at radius 1 is 1.50 bits per heavy atom. The van der Waals surface area contributed by atoms with E-state index in [4.69, 9.17) is 0 Å². The third-order valence-electron chi connectivity index (χ3n) is 1.41. The topological polar surface area (TPSA) is 54.9 Å². The average Bonchev–Trinajstić information content (AvgIpc) is 2.75. The molecular formula is C7H4IN3OS2. The minimum atomic E-state index is -0.138. The molecule has 72 valence electrons. The molecule has 0 saturated carbocycles. The molecule has 0 aliphatic rings. The van der Waals surface area contributed by atoms with Crippen LogP contribution in [-0.2, 0) is 0 Å². The first-order chi connectivity index (χ1) is 6.75. The number of carbonyl (C=O) groups is 1. The Labute approximate surface area is 102 Å². The van der Waals surface area contributed by atoms with Crippen LogP contribution in [0.1, 0.15) is 10.4 Å². The highest BCUT2D eigenvalue weighted by atomic mass is 127. The largest absolute Gasteiger partial charge is 0.296 e. The van der Waals surface area contributed by atoms with E-state index in [0.29, 0.717) is 10.7 Å². The third kappa shape index (κ3) is 2.28. The fourth-order valence-electron chi connectivity index (χ4n) is 0.826. The molecular weight excluding hydrogens is 333 g/mol. The van der Waals surface area contributed by atoms with Crippen LogP contribution in [-0.4, -0.2) is 16.1 Å². The Bertz CT molecular complexity index is 439. The zero-order valence-electron chi connectivity index (χ0n) is 6.73. The SMILES string of the molecule is O=C(Nc1nncs1)c1csc(I)c1. The van der Waals surface area contributed by atoms with Crippen molar-refractivity contribution in [3.8, 4) is 0 Å². The number of carbonyl (C=O) groups excluding carboxylic acids is 1. The van der Waals surface area contributed by atoms with E-state index in [1.54, 1.807) is 5.51 Å². The van der Waals surface area contributed by atoms with Gasteiger partial charge in [0.15, 0.2) is 0 Å². The van der Waals surface area contributed by atoms with Gasteiger partial charge in [-0.05, 0) is 28.7 Å². The first kappa shape index (κ1) is 9.99. The lowest BCUT2D eigenvalue weighted by Gasteiger charge is -1.96. The molecule has 0 saturated heterocycles. The lowest BCUT2D eigenvalue weighted by molar-refractivity contribution is 0.102. The monoisotopic (exact) mass is 337 g/mol. The van der Waals surface area contributed by atoms with Crippen molar-refractivity contribution in [2.45, 2.75) is 0 Å². The highest BCUT2D eigenvalue weighted by molar-refractivity contribution is 14.1. The molecule has 0 spiro atoms. The average molecular weight is 337 g/mol. The van der Waals surface area contributed by atoms with Crippen LogP contribution in [0.2, 0.25) is 0 Å². The standard InChI is InChI=1S/C7H4IN3OS2/c8-5-1-4(2-13-5)6(12)10-7-11-9-3-14-7/h1-3H,(H,10,11,12). The van der Waals surface area contributed by atoms with Gasteiger partial charge < -0.3 is 0 Å². The summed E-state index contributed by atoms with van der Waals surface area (Å²) in [7, 11) is 0. The summed E-state index contributed by atoms with van der Waals surface area (Å²) in [5.41, 5.74) is 2.24. The first-order valence-electron chi connectivity index (χ1n) is 3.57. The van der Waals surface area contributed by atoms with Gasteiger partial charge in [0, 0.05) is 5.38 Å². The van der Waals surface area contributed by atoms with Crippen LogP contribution in [0.3, 0.4) is 0 Å². The summed E-state index contributed by atoms with van der Waals surface area (Å²) < 4.78 is 1.09. The van der Waals surface area contributed by atoms with Crippen molar-refractivity contribution in [3.63, 3.8) is 0 Å². The van der Waals surface area contributed by atoms with Crippen molar-refractivity contribution >= 4 is 56.3 Å². The van der Waals surface area contributed by atoms with Crippen molar-refractivity contribution in [2.24, 2.45) is 0 Å². The van der Waals surface area contributed by atoms with E-state index < -0.39 is 0 Å². The normalized spacial score (nSPS) is 10.1. The number of amides is 1. The highest BCUT2D eigenvalue weighted by Gasteiger charge is 2.09. The third-order valence-corrected chi connectivity index (χ3v) is 3.81. The molecule has 2 aromatic rings. The van der Waals surface area contributed by atoms with Gasteiger partial charge in [-0.1, -0.05) is 11.3 Å². The molecule has 1 N–H and O–H groups in total. The maximum atomic E-state index is 11.6. The van der Waals surface area contributed by atoms with Crippen molar-refractivity contribution < 1.29 is 4.79 Å². The van der Waals surface area contributed by atoms with Crippen molar-refractivity contribution in [1.29, 1.82) is 0 Å². The van der Waals surface area contributed by atoms with Gasteiger partial charge in [-0.25, -0.2) is 0 Å². The minimum absolute atomic E-state index is 0.138. The van der Waals surface area contributed by atoms with Crippen LogP contribution in [0.15, 0.2) is 17.0 Å². The number of nitrogens with zero attached hydrogens (tertiary/aromatic N) is 2. The number of rotatable bonds is 2. The van der Waals surface area contributed by atoms with Gasteiger partial charge in [-0.3, -0.25) is 10.1 Å². The molecule has 0 atom stereocenters. The summed E-state index contributed by atoms with van der Waals surface area (Å²) in [6.07, 6.45) is 0. The van der Waals surface area contributed by atoms with Crippen LogP contribution in [0.5, 0.6) is 0 Å². The summed E-state index contributed by atoms with van der Waals surface area (Å²) in [5, 5.41) is 12.4. The van der Waals surface area contributed by atoms with E-state index in [2.05, 4.69) is 38.1 Å². The van der Waals surface area contributed by atoms with Crippen LogP contribution in [0.25, 0.3) is 0 Å². The maximum Gasteiger partial charge on any atom is 0.258 e. The second-order valence-electron chi connectivity index (χ2n) is 2.34. The zero-order valence-corrected chi connectivity index (χ0v) is 10.5. The second kappa shape index (κ2) is 4.32. The number of halogens is 1. The Hall–Kier alpha value is -0.540. The molecule has 7 heteroatoms. The minimum Gasteiger partial charge on any atom is -0.296 e. The molecule has 0 fully saturated rings. The van der Waals surface area contributed by atoms with E-state index in [1.807, 2.05) is 11.4 Å². The van der Waals surface area contributed by atoms with Gasteiger partial charge in [0.25, 0.3) is 5.91 Å². The van der Waals surface area contributed by atoms with Crippen LogP contribution >= 0.6 is 45.3 Å². The Kier molecular flexibility index (Phi) is 3.08. The summed E-state index contributed by atoms with van der Waals surface area (Å²) in [5.74, 6) is -0.138. The van der Waals surface area contributed by atoms with Gasteiger partial charge in [0.05, 0.1) is 8.45 Å². The van der Waals surface area contributed by atoms with E-state index in [9.17, 15) is 4.79 Å². The Morgan fingerprint density at radius 3 is 2.93 bits per heavy atom. The number of hydrogen-bond donors (Lipinski definition) is 1. The predicted molar refractivity (Wildman–Crippen MR) is 64.9 cm³/mol. The highest BCUT2D eigenvalue weighted by Crippen LogP contribution is 2.18. The van der Waals surface area contributed by atoms with Gasteiger partial charge in [0.2, 0.25) is 5.13 Å². The molecule has 4 nitrogen and oxygen atoms in total. The summed E-state index contributed by atoms with van der Waals surface area (Å²) >= 11 is 5.02. The van der Waals surface area contributed by atoms with Gasteiger partial charge >= 0.3 is 0 Å². The Balaban J connectivity index is 2.10. The smallest absolute Gasteiger partial charge is 0.258 e. The quantitative estimate of drug-likeness (QED) is 0.857. The number of thiophene rings is 1. The summed E-state index contributed by atoms with van der Waals surface area (Å²) in [6, 6.07) is 1.83. The number of aromatic nitrogens is 2. The lowest BCUT2D eigenvalue weighted by atomic mass is 10.3. The number of anilines is 1. The van der Waals surface area contributed by atoms with Crippen LogP contribution in [0, 0.1) is 2.88 Å². The van der Waals surface area contributed by atoms with E-state index >= 15 is 0 Å². The molecule has 2 heterocycles. The summed E-state index contributed by atoms with van der Waals surface area (Å²) in [4.78, 5) is 11.6. The molecule has 0 unspecified atom stereocenters. The first-order valence-corrected chi connectivity index (χ1v) is 6.41. The molecule has 0 aliphatic carbocycles. The molecule has 2 rings (SSSR count). The summed E-state index contributed by atoms with van der Waals surface area (Å²) in [6.45, 7) is 0. The molecule has 0 bridgehead atoms. The second-order valence-corrected chi connectivity index (χ2v) is 5.98. The van der Waals surface area contributed by atoms with Crippen molar-refractivity contribution in [1.82, 2.24) is 10.2 Å². The van der Waals surface area contributed by atoms with Crippen LogP contribution < -0.4 is 5.32 Å². The molecule has 0 aromatic carbocycles. The van der Waals surface area contributed by atoms with Crippen LogP contribution in [0.4, 0.5) is 5.13 Å². The van der Waals surface area contributed by atoms with E-state index in [-0.39, 0.29) is 5.91 Å². The molecule has 0 aliphatic heterocycles. The van der Waals surface area contributed by atoms with Gasteiger partial charge in [-0.2, -0.15) is 0 Å². The predicted octanol–water partition coefficient (Wildman–Crippen LogP) is 2.46. The van der Waals surface area contributed by atoms with E-state index in [0.717, 1.165) is 2.88 Å². The maximum absolute atomic E-state index is 11.6. The molecule has 14 heavy (non-hydrogen) atoms. The Morgan fingerprint density at radius 2 is 2.36 bits per heavy atom. The lowest BCUT2D eigenvalue weighted by Crippen LogP contribution is -2.10. The van der Waals surface area contributed by atoms with Crippen molar-refractivity contribution in [2.75, 3.05) is 5.32 Å². The van der Waals surface area contributed by atoms with Crippen molar-refractivity contribution in [3.05, 3.63) is 25.4 Å². The van der Waals surface area contributed by atoms with Gasteiger partial charge in [0.1, 0.15) is 5.51 Å².